The molecule has 2 aromatic rings. The zero-order valence-electron chi connectivity index (χ0n) is 15.8. The molecule has 0 saturated carbocycles. The van der Waals surface area contributed by atoms with Crippen molar-refractivity contribution in [1.29, 1.82) is 0 Å². The van der Waals surface area contributed by atoms with Crippen LogP contribution < -0.4 is 5.73 Å². The SMILES string of the molecule is CC(C)OC(=O)CC1COP(=O)(COCCn2cnc3c(N)ncnc32)OC1. The van der Waals surface area contributed by atoms with Crippen molar-refractivity contribution in [1.82, 2.24) is 19.5 Å². The normalized spacial score (nSPS) is 22.6. The zero-order valence-corrected chi connectivity index (χ0v) is 16.7. The van der Waals surface area contributed by atoms with Crippen LogP contribution in [0.5, 0.6) is 0 Å². The minimum absolute atomic E-state index is 0.163. The molecular weight excluding hydrogens is 389 g/mol. The van der Waals surface area contributed by atoms with Crippen LogP contribution in [0.4, 0.5) is 5.82 Å². The van der Waals surface area contributed by atoms with E-state index in [9.17, 15) is 9.36 Å². The Balaban J connectivity index is 1.41. The number of aromatic nitrogens is 4. The van der Waals surface area contributed by atoms with Gasteiger partial charge in [0.05, 0.1) is 38.7 Å². The summed E-state index contributed by atoms with van der Waals surface area (Å²) in [5.74, 6) is -0.196. The number of nitrogens with two attached hydrogens (primary N) is 1. The van der Waals surface area contributed by atoms with Gasteiger partial charge in [0.2, 0.25) is 0 Å². The third kappa shape index (κ3) is 5.26. The average molecular weight is 413 g/mol. The summed E-state index contributed by atoms with van der Waals surface area (Å²) in [6.45, 7) is 4.59. The average Bonchev–Trinajstić information content (AvgIpc) is 3.05. The van der Waals surface area contributed by atoms with Gasteiger partial charge >= 0.3 is 13.6 Å². The van der Waals surface area contributed by atoms with Crippen molar-refractivity contribution in [2.24, 2.45) is 5.92 Å². The van der Waals surface area contributed by atoms with Gasteiger partial charge in [0, 0.05) is 12.5 Å². The Kier molecular flexibility index (Phi) is 6.61. The maximum absolute atomic E-state index is 12.5. The fraction of sp³-hybridized carbons (Fsp3) is 0.625. The van der Waals surface area contributed by atoms with Crippen LogP contribution in [0.2, 0.25) is 0 Å². The number of hydrogen-bond acceptors (Lipinski definition) is 10. The number of anilines is 1. The lowest BCUT2D eigenvalue weighted by Crippen LogP contribution is -2.26. The monoisotopic (exact) mass is 413 g/mol. The van der Waals surface area contributed by atoms with E-state index in [4.69, 9.17) is 24.3 Å². The van der Waals surface area contributed by atoms with E-state index in [1.807, 2.05) is 0 Å². The number of carbonyl (C=O) groups is 1. The highest BCUT2D eigenvalue weighted by atomic mass is 31.2. The van der Waals surface area contributed by atoms with Gasteiger partial charge < -0.3 is 28.8 Å². The van der Waals surface area contributed by atoms with Crippen molar-refractivity contribution < 1.29 is 27.9 Å². The van der Waals surface area contributed by atoms with Gasteiger partial charge in [0.1, 0.15) is 18.2 Å². The van der Waals surface area contributed by atoms with Gasteiger partial charge in [-0.3, -0.25) is 9.36 Å². The summed E-state index contributed by atoms with van der Waals surface area (Å²) in [7, 11) is -3.33. The lowest BCUT2D eigenvalue weighted by molar-refractivity contribution is -0.149. The Morgan fingerprint density at radius 2 is 2.11 bits per heavy atom. The molecule has 0 unspecified atom stereocenters. The number of ether oxygens (including phenoxy) is 2. The number of esters is 1. The maximum atomic E-state index is 12.5. The smallest absolute Gasteiger partial charge is 0.356 e. The van der Waals surface area contributed by atoms with E-state index in [2.05, 4.69) is 15.0 Å². The van der Waals surface area contributed by atoms with Gasteiger partial charge in [0.15, 0.2) is 11.5 Å². The number of nitrogens with zero attached hydrogens (tertiary/aromatic N) is 4. The van der Waals surface area contributed by atoms with Gasteiger partial charge in [-0.25, -0.2) is 15.0 Å². The molecule has 0 atom stereocenters. The Labute approximate surface area is 162 Å². The summed E-state index contributed by atoms with van der Waals surface area (Å²) in [4.78, 5) is 23.9. The standard InChI is InChI=1S/C16H24N5O6P/c1-11(2)27-13(22)5-12-6-25-28(23,26-7-12)10-24-4-3-21-9-20-14-15(17)18-8-19-16(14)21/h8-9,11-12H,3-7,10H2,1-2H3,(H2,17,18,19). The topological polar surface area (TPSA) is 141 Å². The van der Waals surface area contributed by atoms with E-state index in [0.29, 0.717) is 23.5 Å². The summed E-state index contributed by atoms with van der Waals surface area (Å²) in [6, 6.07) is 0. The van der Waals surface area contributed by atoms with E-state index in [-0.39, 0.29) is 50.6 Å². The maximum Gasteiger partial charge on any atom is 0.356 e. The van der Waals surface area contributed by atoms with Crippen LogP contribution in [-0.4, -0.2) is 57.8 Å². The zero-order chi connectivity index (χ0) is 20.1. The van der Waals surface area contributed by atoms with Crippen molar-refractivity contribution >= 4 is 30.5 Å². The lowest BCUT2D eigenvalue weighted by atomic mass is 10.1. The molecule has 2 aromatic heterocycles. The third-order valence-electron chi connectivity index (χ3n) is 3.99. The largest absolute Gasteiger partial charge is 0.463 e. The predicted molar refractivity (Wildman–Crippen MR) is 99.4 cm³/mol. The molecule has 1 fully saturated rings. The molecule has 1 aliphatic heterocycles. The molecule has 0 aromatic carbocycles. The van der Waals surface area contributed by atoms with Crippen LogP contribution >= 0.6 is 7.60 Å². The molecule has 0 radical (unpaired) electrons. The summed E-state index contributed by atoms with van der Waals surface area (Å²) in [5, 5.41) is 0. The first-order valence-corrected chi connectivity index (χ1v) is 10.7. The van der Waals surface area contributed by atoms with Gasteiger partial charge in [-0.15, -0.1) is 0 Å². The molecule has 2 N–H and O–H groups in total. The van der Waals surface area contributed by atoms with Crippen molar-refractivity contribution in [3.63, 3.8) is 0 Å². The molecule has 0 bridgehead atoms. The van der Waals surface area contributed by atoms with Crippen LogP contribution in [-0.2, 0) is 34.4 Å². The molecule has 3 heterocycles. The number of hydrogen-bond donors (Lipinski definition) is 1. The van der Waals surface area contributed by atoms with Crippen LogP contribution in [0.3, 0.4) is 0 Å². The van der Waals surface area contributed by atoms with Crippen LogP contribution in [0.25, 0.3) is 11.2 Å². The Hall–Kier alpha value is -2.07. The Morgan fingerprint density at radius 1 is 1.36 bits per heavy atom. The second-order valence-electron chi connectivity index (χ2n) is 6.72. The molecule has 1 aliphatic rings. The van der Waals surface area contributed by atoms with Crippen LogP contribution in [0, 0.1) is 5.92 Å². The van der Waals surface area contributed by atoms with Crippen LogP contribution in [0.1, 0.15) is 20.3 Å². The number of nitrogen functional groups attached to an aromatic ring is 1. The van der Waals surface area contributed by atoms with Crippen LogP contribution in [0.15, 0.2) is 12.7 Å². The molecule has 0 spiro atoms. The molecule has 3 rings (SSSR count). The molecule has 0 amide bonds. The van der Waals surface area contributed by atoms with Crippen molar-refractivity contribution in [2.45, 2.75) is 32.9 Å². The minimum atomic E-state index is -3.33. The molecular formula is C16H24N5O6P. The van der Waals surface area contributed by atoms with Gasteiger partial charge in [-0.2, -0.15) is 0 Å². The quantitative estimate of drug-likeness (QED) is 0.385. The van der Waals surface area contributed by atoms with Crippen molar-refractivity contribution in [3.05, 3.63) is 12.7 Å². The van der Waals surface area contributed by atoms with Crippen molar-refractivity contribution in [2.75, 3.05) is 31.9 Å². The highest BCUT2D eigenvalue weighted by molar-refractivity contribution is 7.53. The molecule has 28 heavy (non-hydrogen) atoms. The number of rotatable bonds is 8. The fourth-order valence-corrected chi connectivity index (χ4v) is 4.12. The second-order valence-corrected chi connectivity index (χ2v) is 8.71. The second kappa shape index (κ2) is 8.95. The van der Waals surface area contributed by atoms with E-state index in [1.54, 1.807) is 24.7 Å². The van der Waals surface area contributed by atoms with Gasteiger partial charge in [-0.1, -0.05) is 0 Å². The van der Waals surface area contributed by atoms with Gasteiger partial charge in [0.25, 0.3) is 0 Å². The number of fused-ring (bicyclic) bond motifs is 1. The lowest BCUT2D eigenvalue weighted by Gasteiger charge is -2.28. The van der Waals surface area contributed by atoms with Gasteiger partial charge in [-0.05, 0) is 13.8 Å². The first kappa shape index (κ1) is 20.7. The molecule has 11 nitrogen and oxygen atoms in total. The summed E-state index contributed by atoms with van der Waals surface area (Å²) < 4.78 is 35.5. The molecule has 0 aliphatic carbocycles. The molecule has 12 heteroatoms. The van der Waals surface area contributed by atoms with Crippen molar-refractivity contribution in [3.8, 4) is 0 Å². The molecule has 1 saturated heterocycles. The number of imidazole rings is 1. The third-order valence-corrected chi connectivity index (χ3v) is 5.58. The summed E-state index contributed by atoms with van der Waals surface area (Å²) in [5.41, 5.74) is 6.87. The van der Waals surface area contributed by atoms with E-state index in [0.717, 1.165) is 0 Å². The predicted octanol–water partition coefficient (Wildman–Crippen LogP) is 1.58. The fourth-order valence-electron chi connectivity index (χ4n) is 2.66. The van der Waals surface area contributed by atoms with E-state index >= 15 is 0 Å². The van der Waals surface area contributed by atoms with E-state index in [1.165, 1.54) is 6.33 Å². The summed E-state index contributed by atoms with van der Waals surface area (Å²) in [6.07, 6.45) is 2.78. The number of carbonyl (C=O) groups excluding carboxylic acids is 1. The molecule has 154 valence electrons. The van der Waals surface area contributed by atoms with E-state index < -0.39 is 7.60 Å². The highest BCUT2D eigenvalue weighted by Gasteiger charge is 2.34. The Morgan fingerprint density at radius 3 is 2.82 bits per heavy atom. The Bertz CT molecular complexity index is 860. The highest BCUT2D eigenvalue weighted by Crippen LogP contribution is 2.51. The summed E-state index contributed by atoms with van der Waals surface area (Å²) >= 11 is 0. The minimum Gasteiger partial charge on any atom is -0.463 e. The first-order chi connectivity index (χ1) is 13.4. The first-order valence-electron chi connectivity index (χ1n) is 8.93.